The molecule has 2 aromatic heterocycles. The van der Waals surface area contributed by atoms with E-state index in [1.54, 1.807) is 20.3 Å². The molecular formula is C21H18NO6+. The lowest BCUT2D eigenvalue weighted by Gasteiger charge is -2.12. The zero-order valence-electron chi connectivity index (χ0n) is 15.6. The summed E-state index contributed by atoms with van der Waals surface area (Å²) in [6, 6.07) is 7.40. The van der Waals surface area contributed by atoms with Crippen molar-refractivity contribution in [3.8, 4) is 34.5 Å². The molecule has 0 saturated carbocycles. The van der Waals surface area contributed by atoms with Crippen LogP contribution in [0.25, 0.3) is 27.1 Å². The van der Waals surface area contributed by atoms with Crippen LogP contribution in [0.1, 0.15) is 0 Å². The Hall–Kier alpha value is -3.61. The number of aromatic nitrogens is 1. The number of fused-ring (bicyclic) bond motifs is 5. The highest BCUT2D eigenvalue weighted by molar-refractivity contribution is 6.05. The molecule has 28 heavy (non-hydrogen) atoms. The van der Waals surface area contributed by atoms with Crippen molar-refractivity contribution in [2.45, 2.75) is 0 Å². The van der Waals surface area contributed by atoms with Gasteiger partial charge in [-0.25, -0.2) is 0 Å². The Bertz CT molecular complexity index is 1270. The van der Waals surface area contributed by atoms with Crippen LogP contribution in [0.5, 0.6) is 34.5 Å². The van der Waals surface area contributed by atoms with Crippen molar-refractivity contribution in [1.82, 2.24) is 0 Å². The van der Waals surface area contributed by atoms with E-state index in [0.29, 0.717) is 34.1 Å². The van der Waals surface area contributed by atoms with Gasteiger partial charge in [0.1, 0.15) is 11.1 Å². The van der Waals surface area contributed by atoms with Gasteiger partial charge in [0.2, 0.25) is 18.1 Å². The molecule has 0 bridgehead atoms. The van der Waals surface area contributed by atoms with Crippen LogP contribution in [0.2, 0.25) is 0 Å². The number of ether oxygens (including phenoxy) is 5. The monoisotopic (exact) mass is 380 g/mol. The Morgan fingerprint density at radius 1 is 0.964 bits per heavy atom. The van der Waals surface area contributed by atoms with Gasteiger partial charge >= 0.3 is 0 Å². The lowest BCUT2D eigenvalue weighted by atomic mass is 10.0. The molecule has 1 aliphatic heterocycles. The second-order valence-electron chi connectivity index (χ2n) is 6.45. The summed E-state index contributed by atoms with van der Waals surface area (Å²) in [6.07, 6.45) is 3.78. The second-order valence-corrected chi connectivity index (χ2v) is 6.45. The molecule has 142 valence electrons. The van der Waals surface area contributed by atoms with Gasteiger partial charge in [0.25, 0.3) is 0 Å². The molecule has 1 N–H and O–H groups in total. The summed E-state index contributed by atoms with van der Waals surface area (Å²) in [6.45, 7) is 0.162. The van der Waals surface area contributed by atoms with E-state index in [2.05, 4.69) is 0 Å². The molecule has 0 saturated heterocycles. The lowest BCUT2D eigenvalue weighted by molar-refractivity contribution is -0.509. The van der Waals surface area contributed by atoms with E-state index in [0.717, 1.165) is 21.7 Å². The van der Waals surface area contributed by atoms with Gasteiger partial charge in [0, 0.05) is 29.0 Å². The molecule has 7 heteroatoms. The number of pyridine rings is 2. The Balaban J connectivity index is 1.98. The van der Waals surface area contributed by atoms with Crippen LogP contribution in [0.3, 0.4) is 0 Å². The number of benzene rings is 2. The van der Waals surface area contributed by atoms with E-state index < -0.39 is 0 Å². The van der Waals surface area contributed by atoms with Gasteiger partial charge in [0.15, 0.2) is 35.4 Å². The third-order valence-electron chi connectivity index (χ3n) is 5.08. The number of phenolic OH excluding ortho intramolecular Hbond substituents is 1. The van der Waals surface area contributed by atoms with Crippen molar-refractivity contribution in [1.29, 1.82) is 0 Å². The normalized spacial score (nSPS) is 12.7. The number of methoxy groups -OCH3 is 3. The van der Waals surface area contributed by atoms with E-state index >= 15 is 0 Å². The number of rotatable bonds is 3. The Morgan fingerprint density at radius 3 is 2.54 bits per heavy atom. The molecule has 0 spiro atoms. The molecule has 0 atom stereocenters. The Kier molecular flexibility index (Phi) is 3.52. The molecule has 4 aromatic rings. The molecule has 7 nitrogen and oxygen atoms in total. The van der Waals surface area contributed by atoms with Crippen molar-refractivity contribution < 1.29 is 33.2 Å². The van der Waals surface area contributed by atoms with E-state index in [1.807, 2.05) is 35.0 Å². The Labute approximate surface area is 160 Å². The molecule has 0 fully saturated rings. The predicted octanol–water partition coefficient (Wildman–Crippen LogP) is 3.19. The average molecular weight is 380 g/mol. The molecule has 0 radical (unpaired) electrons. The highest BCUT2D eigenvalue weighted by Crippen LogP contribution is 2.48. The minimum absolute atomic E-state index is 0.111. The highest BCUT2D eigenvalue weighted by atomic mass is 16.7. The molecule has 2 aromatic carbocycles. The van der Waals surface area contributed by atoms with Crippen LogP contribution in [-0.4, -0.2) is 33.2 Å². The third-order valence-corrected chi connectivity index (χ3v) is 5.08. The van der Waals surface area contributed by atoms with Crippen LogP contribution in [-0.2, 0) is 0 Å². The molecular weight excluding hydrogens is 362 g/mol. The number of hydrogen-bond donors (Lipinski definition) is 1. The van der Waals surface area contributed by atoms with Crippen molar-refractivity contribution in [3.05, 3.63) is 36.7 Å². The largest absolute Gasteiger partial charge is 0.507 e. The first-order chi connectivity index (χ1) is 13.7. The first-order valence-corrected chi connectivity index (χ1v) is 8.68. The van der Waals surface area contributed by atoms with Crippen LogP contribution in [0.4, 0.5) is 0 Å². The summed E-state index contributed by atoms with van der Waals surface area (Å²) in [7, 11) is 4.72. The minimum atomic E-state index is 0.111. The topological polar surface area (TPSA) is 70.5 Å². The van der Waals surface area contributed by atoms with E-state index in [1.165, 1.54) is 7.11 Å². The maximum atomic E-state index is 10.5. The summed E-state index contributed by atoms with van der Waals surface area (Å²) in [5.74, 6) is 2.97. The van der Waals surface area contributed by atoms with E-state index in [-0.39, 0.29) is 12.5 Å². The zero-order chi connectivity index (χ0) is 19.4. The van der Waals surface area contributed by atoms with Gasteiger partial charge < -0.3 is 28.8 Å². The van der Waals surface area contributed by atoms with Crippen molar-refractivity contribution in [3.63, 3.8) is 0 Å². The molecule has 1 aliphatic rings. The van der Waals surface area contributed by atoms with Crippen molar-refractivity contribution >= 4 is 27.1 Å². The fourth-order valence-corrected chi connectivity index (χ4v) is 3.83. The van der Waals surface area contributed by atoms with Gasteiger partial charge in [-0.05, 0) is 6.07 Å². The number of aromatic hydroxyl groups is 1. The van der Waals surface area contributed by atoms with E-state index in [9.17, 15) is 5.11 Å². The number of nitrogens with zero attached hydrogens (tertiary/aromatic N) is 1. The highest BCUT2D eigenvalue weighted by Gasteiger charge is 2.26. The quantitative estimate of drug-likeness (QED) is 0.334. The summed E-state index contributed by atoms with van der Waals surface area (Å²) in [5, 5.41) is 13.7. The molecule has 0 amide bonds. The predicted molar refractivity (Wildman–Crippen MR) is 102 cm³/mol. The van der Waals surface area contributed by atoms with Crippen LogP contribution < -0.4 is 28.1 Å². The van der Waals surface area contributed by atoms with Gasteiger partial charge in [-0.3, -0.25) is 0 Å². The van der Waals surface area contributed by atoms with Crippen LogP contribution in [0.15, 0.2) is 36.7 Å². The molecule has 0 aliphatic carbocycles. The fourth-order valence-electron chi connectivity index (χ4n) is 3.83. The van der Waals surface area contributed by atoms with Crippen molar-refractivity contribution in [2.75, 3.05) is 28.1 Å². The number of phenols is 1. The zero-order valence-corrected chi connectivity index (χ0v) is 15.6. The third kappa shape index (κ3) is 2.13. The van der Waals surface area contributed by atoms with Crippen LogP contribution in [0, 0.1) is 0 Å². The van der Waals surface area contributed by atoms with Crippen molar-refractivity contribution in [2.24, 2.45) is 0 Å². The Morgan fingerprint density at radius 2 is 1.79 bits per heavy atom. The SMILES string of the molecule is COc1cc(O)c2c[n+]3ccc4cc5c(c(OC)c4c3cc2c1OC)OCO5. The fraction of sp³-hybridized carbons (Fsp3) is 0.190. The van der Waals surface area contributed by atoms with Gasteiger partial charge in [-0.1, -0.05) is 0 Å². The number of hydrogen-bond acceptors (Lipinski definition) is 6. The average Bonchev–Trinajstić information content (AvgIpc) is 3.19. The van der Waals surface area contributed by atoms with Gasteiger partial charge in [-0.15, -0.1) is 0 Å². The molecule has 0 unspecified atom stereocenters. The summed E-state index contributed by atoms with van der Waals surface area (Å²) in [4.78, 5) is 0. The smallest absolute Gasteiger partial charge is 0.231 e. The summed E-state index contributed by atoms with van der Waals surface area (Å²) < 4.78 is 29.7. The first kappa shape index (κ1) is 16.6. The summed E-state index contributed by atoms with van der Waals surface area (Å²) >= 11 is 0. The second kappa shape index (κ2) is 5.95. The minimum Gasteiger partial charge on any atom is -0.507 e. The maximum absolute atomic E-state index is 10.5. The first-order valence-electron chi connectivity index (χ1n) is 8.68. The standard InChI is InChI=1S/C21H17NO6/c1-24-16-8-15(23)13-9-22-5-4-11-6-17-20(28-10-27-17)21(26-3)18(11)14(22)7-12(13)19(16)25-2/h4-9H,10H2,1-3H3/p+1. The lowest BCUT2D eigenvalue weighted by Crippen LogP contribution is -2.21. The maximum Gasteiger partial charge on any atom is 0.231 e. The summed E-state index contributed by atoms with van der Waals surface area (Å²) in [5.41, 5.74) is 0.867. The van der Waals surface area contributed by atoms with Gasteiger partial charge in [0.05, 0.1) is 26.7 Å². The van der Waals surface area contributed by atoms with Crippen LogP contribution >= 0.6 is 0 Å². The van der Waals surface area contributed by atoms with Gasteiger partial charge in [-0.2, -0.15) is 4.40 Å². The van der Waals surface area contributed by atoms with E-state index in [4.69, 9.17) is 23.7 Å². The molecule has 3 heterocycles. The molecule has 5 rings (SSSR count).